The Bertz CT molecular complexity index is 3260. The fourth-order valence-corrected chi connectivity index (χ4v) is 12.5. The van der Waals surface area contributed by atoms with Gasteiger partial charge < -0.3 is 9.13 Å². The largest absolute Gasteiger partial charge is 0.309 e. The van der Waals surface area contributed by atoms with Crippen LogP contribution in [-0.2, 0) is 9.98 Å². The average molecular weight is 760 g/mol. The van der Waals surface area contributed by atoms with E-state index in [2.05, 4.69) is 120 Å². The number of nitrogens with zero attached hydrogens (tertiary/aromatic N) is 3. The van der Waals surface area contributed by atoms with E-state index in [1.54, 1.807) is 0 Å². The molecule has 0 fully saturated rings. The molecule has 58 heavy (non-hydrogen) atoms. The van der Waals surface area contributed by atoms with E-state index in [0.29, 0.717) is 5.82 Å². The molecule has 4 nitrogen and oxygen atoms in total. The zero-order valence-corrected chi connectivity index (χ0v) is 32.2. The minimum atomic E-state index is -3.18. The Morgan fingerprint density at radius 3 is 1.76 bits per heavy atom. The first-order chi connectivity index (χ1) is 28.7. The van der Waals surface area contributed by atoms with Crippen molar-refractivity contribution in [1.29, 1.82) is 0 Å². The molecule has 2 aromatic heterocycles. The van der Waals surface area contributed by atoms with Crippen LogP contribution in [0.25, 0.3) is 61.3 Å². The maximum atomic E-state index is 15.4. The molecule has 0 saturated carbocycles. The summed E-state index contributed by atoms with van der Waals surface area (Å²) in [5, 5.41) is 4.85. The summed E-state index contributed by atoms with van der Waals surface area (Å²) in [7, 11) is -3.18. The molecule has 8 aromatic carbocycles. The molecule has 0 radical (unpaired) electrons. The lowest BCUT2D eigenvalue weighted by atomic mass is 9.67. The second kappa shape index (κ2) is 12.4. The molecule has 5 heteroatoms. The molecule has 10 aromatic rings. The van der Waals surface area contributed by atoms with Gasteiger partial charge in [0.15, 0.2) is 13.0 Å². The number of rotatable bonds is 5. The molecular weight excluding hydrogens is 726 g/mol. The minimum Gasteiger partial charge on any atom is -0.309 e. The standard InChI is InChI=1S/C53H34N3OP/c57-58(37-19-6-2-7-20-37,38-21-8-3-9-22-38)39-33-31-35(32-34-39)49-48-42-24-10-12-26-43(42)53(51(48)55-52(54-49)36-17-4-1-5-18-36)44-27-13-15-30-47(44)56-46-29-14-11-23-40(46)41-25-16-28-45(53)50(41)56/h1-34H. The second-order valence-corrected chi connectivity index (χ2v) is 17.9. The third kappa shape index (κ3) is 4.38. The molecule has 1 unspecified atom stereocenters. The van der Waals surface area contributed by atoms with Crippen LogP contribution in [0.15, 0.2) is 206 Å². The number of fused-ring (bicyclic) bond motifs is 12. The van der Waals surface area contributed by atoms with Crippen molar-refractivity contribution in [3.63, 3.8) is 0 Å². The fraction of sp³-hybridized carbons (Fsp3) is 0.0189. The Kier molecular flexibility index (Phi) is 7.09. The van der Waals surface area contributed by atoms with Gasteiger partial charge in [0, 0.05) is 43.4 Å². The summed E-state index contributed by atoms with van der Waals surface area (Å²) in [5.74, 6) is 0.667. The quantitative estimate of drug-likeness (QED) is 0.164. The van der Waals surface area contributed by atoms with Crippen LogP contribution < -0.4 is 15.9 Å². The maximum Gasteiger partial charge on any atom is 0.171 e. The topological polar surface area (TPSA) is 47.8 Å². The molecule has 0 bridgehead atoms. The Morgan fingerprint density at radius 1 is 0.448 bits per heavy atom. The van der Waals surface area contributed by atoms with E-state index in [1.165, 1.54) is 38.5 Å². The highest BCUT2D eigenvalue weighted by Gasteiger charge is 2.53. The predicted molar refractivity (Wildman–Crippen MR) is 237 cm³/mol. The van der Waals surface area contributed by atoms with E-state index in [-0.39, 0.29) is 0 Å². The normalized spacial score (nSPS) is 15.0. The van der Waals surface area contributed by atoms with E-state index >= 15 is 4.57 Å². The molecule has 3 heterocycles. The van der Waals surface area contributed by atoms with Gasteiger partial charge in [-0.15, -0.1) is 0 Å². The van der Waals surface area contributed by atoms with Crippen molar-refractivity contribution in [2.24, 2.45) is 0 Å². The monoisotopic (exact) mass is 759 g/mol. The van der Waals surface area contributed by atoms with Crippen molar-refractivity contribution in [3.05, 3.63) is 229 Å². The van der Waals surface area contributed by atoms with E-state index < -0.39 is 12.6 Å². The summed E-state index contributed by atoms with van der Waals surface area (Å²) >= 11 is 0. The SMILES string of the molecule is O=P(c1ccccc1)(c1ccccc1)c1ccc(-c2nc(-c3ccccc3)nc3c2-c2ccccc2C32c3ccccc3-n3c4ccccc4c4cccc2c43)cc1. The minimum absolute atomic E-state index is 0.667. The summed E-state index contributed by atoms with van der Waals surface area (Å²) < 4.78 is 17.9. The number of para-hydroxylation sites is 3. The van der Waals surface area contributed by atoms with Gasteiger partial charge in [-0.25, -0.2) is 9.97 Å². The van der Waals surface area contributed by atoms with Crippen LogP contribution in [0.3, 0.4) is 0 Å². The Hall–Kier alpha value is -7.13. The lowest BCUT2D eigenvalue weighted by Gasteiger charge is -2.38. The first kappa shape index (κ1) is 33.1. The Balaban J connectivity index is 1.17. The molecule has 1 aliphatic heterocycles. The molecule has 2 aliphatic rings. The van der Waals surface area contributed by atoms with Crippen LogP contribution in [0, 0.1) is 0 Å². The summed E-state index contributed by atoms with van der Waals surface area (Å²) in [5.41, 5.74) is 12.2. The molecule has 12 rings (SSSR count). The van der Waals surface area contributed by atoms with Gasteiger partial charge in [0.2, 0.25) is 0 Å². The third-order valence-electron chi connectivity index (χ3n) is 12.3. The van der Waals surface area contributed by atoms with E-state index in [9.17, 15) is 0 Å². The van der Waals surface area contributed by atoms with Gasteiger partial charge in [-0.2, -0.15) is 0 Å². The van der Waals surface area contributed by atoms with Crippen LogP contribution in [0.1, 0.15) is 22.4 Å². The average Bonchev–Trinajstić information content (AvgIpc) is 3.80. The van der Waals surface area contributed by atoms with E-state index in [1.807, 2.05) is 91.0 Å². The highest BCUT2D eigenvalue weighted by atomic mass is 31.2. The summed E-state index contributed by atoms with van der Waals surface area (Å²) in [6.45, 7) is 0. The molecule has 0 amide bonds. The van der Waals surface area contributed by atoms with Gasteiger partial charge in [0.1, 0.15) is 0 Å². The molecule has 1 aliphatic carbocycles. The number of hydrogen-bond donors (Lipinski definition) is 0. The zero-order chi connectivity index (χ0) is 38.4. The van der Waals surface area contributed by atoms with Gasteiger partial charge in [0.25, 0.3) is 0 Å². The number of benzene rings is 8. The van der Waals surface area contributed by atoms with Crippen LogP contribution in [-0.4, -0.2) is 14.5 Å². The van der Waals surface area contributed by atoms with Crippen LogP contribution in [0.2, 0.25) is 0 Å². The molecule has 272 valence electrons. The fourth-order valence-electron chi connectivity index (χ4n) is 9.87. The van der Waals surface area contributed by atoms with Crippen molar-refractivity contribution in [1.82, 2.24) is 14.5 Å². The third-order valence-corrected chi connectivity index (χ3v) is 15.4. The van der Waals surface area contributed by atoms with Crippen molar-refractivity contribution >= 4 is 44.9 Å². The summed E-state index contributed by atoms with van der Waals surface area (Å²) in [4.78, 5) is 11.2. The molecule has 0 N–H and O–H groups in total. The van der Waals surface area contributed by atoms with Gasteiger partial charge in [-0.05, 0) is 34.4 Å². The number of aromatic nitrogens is 3. The molecule has 0 saturated heterocycles. The lowest BCUT2D eigenvalue weighted by Crippen LogP contribution is -2.34. The smallest absolute Gasteiger partial charge is 0.171 e. The van der Waals surface area contributed by atoms with Crippen molar-refractivity contribution in [2.45, 2.75) is 5.41 Å². The first-order valence-corrected chi connectivity index (χ1v) is 21.4. The molecule has 1 atom stereocenters. The van der Waals surface area contributed by atoms with Gasteiger partial charge in [-0.3, -0.25) is 0 Å². The van der Waals surface area contributed by atoms with Crippen molar-refractivity contribution in [3.8, 4) is 39.5 Å². The van der Waals surface area contributed by atoms with Gasteiger partial charge in [-0.1, -0.05) is 194 Å². The lowest BCUT2D eigenvalue weighted by molar-refractivity contribution is 0.592. The Morgan fingerprint density at radius 2 is 1.02 bits per heavy atom. The van der Waals surface area contributed by atoms with E-state index in [0.717, 1.165) is 55.2 Å². The van der Waals surface area contributed by atoms with E-state index in [4.69, 9.17) is 9.97 Å². The summed E-state index contributed by atoms with van der Waals surface area (Å²) in [6.07, 6.45) is 0. The second-order valence-electron chi connectivity index (χ2n) is 15.2. The predicted octanol–water partition coefficient (Wildman–Crippen LogP) is 11.2. The maximum absolute atomic E-state index is 15.4. The van der Waals surface area contributed by atoms with Gasteiger partial charge >= 0.3 is 0 Å². The summed E-state index contributed by atoms with van der Waals surface area (Å²) in [6, 6.07) is 71.5. The van der Waals surface area contributed by atoms with Crippen LogP contribution in [0.4, 0.5) is 0 Å². The molecular formula is C53H34N3OP. The zero-order valence-electron chi connectivity index (χ0n) is 31.3. The highest BCUT2D eigenvalue weighted by Crippen LogP contribution is 2.62. The van der Waals surface area contributed by atoms with Crippen molar-refractivity contribution in [2.75, 3.05) is 0 Å². The van der Waals surface area contributed by atoms with Crippen LogP contribution >= 0.6 is 7.14 Å². The van der Waals surface area contributed by atoms with Crippen molar-refractivity contribution < 1.29 is 4.57 Å². The number of hydrogen-bond acceptors (Lipinski definition) is 3. The highest BCUT2D eigenvalue weighted by molar-refractivity contribution is 7.85. The van der Waals surface area contributed by atoms with Crippen LogP contribution in [0.5, 0.6) is 0 Å². The van der Waals surface area contributed by atoms with Gasteiger partial charge in [0.05, 0.1) is 33.5 Å². The Labute approximate surface area is 336 Å². The molecule has 1 spiro atoms. The first-order valence-electron chi connectivity index (χ1n) is 19.7.